The van der Waals surface area contributed by atoms with Gasteiger partial charge in [-0.1, -0.05) is 37.3 Å². The van der Waals surface area contributed by atoms with Crippen molar-refractivity contribution in [2.24, 2.45) is 5.41 Å². The molecule has 1 atom stereocenters. The number of carbonyl (C=O) groups is 1. The molecule has 1 unspecified atom stereocenters. The molecule has 1 fully saturated rings. The van der Waals surface area contributed by atoms with Gasteiger partial charge in [0, 0.05) is 11.4 Å². The van der Waals surface area contributed by atoms with E-state index < -0.39 is 16.9 Å². The summed E-state index contributed by atoms with van der Waals surface area (Å²) in [6, 6.07) is 12.5. The van der Waals surface area contributed by atoms with Crippen molar-refractivity contribution in [2.45, 2.75) is 29.9 Å². The number of amides is 1. The van der Waals surface area contributed by atoms with Crippen LogP contribution in [0.3, 0.4) is 0 Å². The molecule has 3 nitrogen and oxygen atoms in total. The van der Waals surface area contributed by atoms with Crippen molar-refractivity contribution in [1.29, 1.82) is 0 Å². The zero-order chi connectivity index (χ0) is 19.3. The normalized spacial score (nSPS) is 17.3. The van der Waals surface area contributed by atoms with Gasteiger partial charge in [-0.05, 0) is 55.1 Å². The van der Waals surface area contributed by atoms with Gasteiger partial charge in [-0.25, -0.2) is 8.78 Å². The third-order valence-corrected chi connectivity index (χ3v) is 6.27. The van der Waals surface area contributed by atoms with Crippen LogP contribution in [0.25, 0.3) is 0 Å². The second kappa shape index (κ2) is 8.85. The van der Waals surface area contributed by atoms with E-state index >= 15 is 0 Å². The van der Waals surface area contributed by atoms with Gasteiger partial charge in [-0.15, -0.1) is 11.8 Å². The van der Waals surface area contributed by atoms with Gasteiger partial charge in [-0.2, -0.15) is 0 Å². The van der Waals surface area contributed by atoms with Crippen molar-refractivity contribution < 1.29 is 13.6 Å². The highest BCUT2D eigenvalue weighted by Gasteiger charge is 2.29. The number of rotatable bonds is 6. The molecule has 0 aromatic heterocycles. The summed E-state index contributed by atoms with van der Waals surface area (Å²) in [5.74, 6) is -1.23. The summed E-state index contributed by atoms with van der Waals surface area (Å²) in [7, 11) is 0. The Bertz CT molecular complexity index is 779. The van der Waals surface area contributed by atoms with Gasteiger partial charge in [0.05, 0.1) is 0 Å². The van der Waals surface area contributed by atoms with Crippen molar-refractivity contribution >= 4 is 17.7 Å². The van der Waals surface area contributed by atoms with Crippen LogP contribution in [0.15, 0.2) is 53.4 Å². The van der Waals surface area contributed by atoms with Gasteiger partial charge < -0.3 is 10.6 Å². The van der Waals surface area contributed by atoms with Crippen LogP contribution >= 0.6 is 11.8 Å². The summed E-state index contributed by atoms with van der Waals surface area (Å²) in [5.41, 5.74) is 0.816. The number of carbonyl (C=O) groups excluding carboxylic acids is 1. The Morgan fingerprint density at radius 3 is 2.59 bits per heavy atom. The maximum absolute atomic E-state index is 14.1. The van der Waals surface area contributed by atoms with Crippen LogP contribution < -0.4 is 10.6 Å². The first kappa shape index (κ1) is 19.8. The highest BCUT2D eigenvalue weighted by Crippen LogP contribution is 2.37. The van der Waals surface area contributed by atoms with E-state index in [1.54, 1.807) is 0 Å². The fraction of sp³-hybridized carbons (Fsp3) is 0.381. The van der Waals surface area contributed by atoms with E-state index in [2.05, 4.69) is 17.6 Å². The number of hydrogen-bond donors (Lipinski definition) is 2. The van der Waals surface area contributed by atoms with Crippen LogP contribution in [0, 0.1) is 17.0 Å². The predicted molar refractivity (Wildman–Crippen MR) is 105 cm³/mol. The van der Waals surface area contributed by atoms with Crippen molar-refractivity contribution in [1.82, 2.24) is 10.6 Å². The molecule has 1 aliphatic heterocycles. The number of benzene rings is 2. The standard InChI is InChI=1S/C21H24F2N2OS/c1-21(9-11-24-12-10-21)14-25-20(26)19(15-5-3-2-4-6-15)27-18-13-16(22)7-8-17(18)23/h2-8,13,19,24H,9-12,14H2,1H3,(H,25,26). The third-order valence-electron chi connectivity index (χ3n) is 4.98. The Morgan fingerprint density at radius 1 is 1.19 bits per heavy atom. The highest BCUT2D eigenvalue weighted by atomic mass is 32.2. The van der Waals surface area contributed by atoms with Crippen molar-refractivity contribution in [3.8, 4) is 0 Å². The Balaban J connectivity index is 1.77. The number of hydrogen-bond acceptors (Lipinski definition) is 3. The Morgan fingerprint density at radius 2 is 1.89 bits per heavy atom. The molecule has 0 radical (unpaired) electrons. The predicted octanol–water partition coefficient (Wildman–Crippen LogP) is 4.30. The molecule has 1 aliphatic rings. The molecule has 1 heterocycles. The monoisotopic (exact) mass is 390 g/mol. The Kier molecular flexibility index (Phi) is 6.50. The number of thioether (sulfide) groups is 1. The van der Waals surface area contributed by atoms with Gasteiger partial charge in [0.2, 0.25) is 5.91 Å². The Hall–Kier alpha value is -1.92. The Labute approximate surface area is 162 Å². The minimum atomic E-state index is -0.646. The largest absolute Gasteiger partial charge is 0.354 e. The zero-order valence-electron chi connectivity index (χ0n) is 15.3. The quantitative estimate of drug-likeness (QED) is 0.723. The molecule has 2 N–H and O–H groups in total. The SMILES string of the molecule is CC1(CNC(=O)C(Sc2cc(F)ccc2F)c2ccccc2)CCNCC1. The molecule has 0 saturated carbocycles. The van der Waals surface area contributed by atoms with Crippen molar-refractivity contribution in [3.05, 3.63) is 65.7 Å². The number of nitrogens with one attached hydrogen (secondary N) is 2. The summed E-state index contributed by atoms with van der Waals surface area (Å²) in [6.45, 7) is 4.63. The molecule has 1 saturated heterocycles. The molecule has 2 aromatic carbocycles. The van der Waals surface area contributed by atoms with Gasteiger partial charge in [0.15, 0.2) is 0 Å². The minimum Gasteiger partial charge on any atom is -0.354 e. The first-order chi connectivity index (χ1) is 13.0. The molecule has 144 valence electrons. The second-order valence-corrected chi connectivity index (χ2v) is 8.41. The fourth-order valence-electron chi connectivity index (χ4n) is 3.20. The van der Waals surface area contributed by atoms with Gasteiger partial charge in [-0.3, -0.25) is 4.79 Å². The topological polar surface area (TPSA) is 41.1 Å². The molecule has 0 bridgehead atoms. The van der Waals surface area contributed by atoms with Gasteiger partial charge >= 0.3 is 0 Å². The lowest BCUT2D eigenvalue weighted by Gasteiger charge is -2.34. The summed E-state index contributed by atoms with van der Waals surface area (Å²) < 4.78 is 27.7. The van der Waals surface area contributed by atoms with E-state index in [1.165, 1.54) is 0 Å². The van der Waals surface area contributed by atoms with E-state index in [-0.39, 0.29) is 16.2 Å². The maximum atomic E-state index is 14.1. The first-order valence-electron chi connectivity index (χ1n) is 9.12. The van der Waals surface area contributed by atoms with E-state index in [0.29, 0.717) is 6.54 Å². The molecule has 1 amide bonds. The molecule has 3 rings (SSSR count). The van der Waals surface area contributed by atoms with E-state index in [4.69, 9.17) is 0 Å². The fourth-order valence-corrected chi connectivity index (χ4v) is 4.29. The molecule has 2 aromatic rings. The lowest BCUT2D eigenvalue weighted by atomic mass is 9.81. The highest BCUT2D eigenvalue weighted by molar-refractivity contribution is 8.00. The lowest BCUT2D eigenvalue weighted by molar-refractivity contribution is -0.121. The van der Waals surface area contributed by atoms with Crippen LogP contribution in [0.1, 0.15) is 30.6 Å². The van der Waals surface area contributed by atoms with Crippen LogP contribution in [0.2, 0.25) is 0 Å². The van der Waals surface area contributed by atoms with Crippen LogP contribution in [-0.4, -0.2) is 25.5 Å². The van der Waals surface area contributed by atoms with Crippen molar-refractivity contribution in [2.75, 3.05) is 19.6 Å². The average Bonchev–Trinajstić information content (AvgIpc) is 2.68. The molecular weight excluding hydrogens is 366 g/mol. The number of piperidine rings is 1. The second-order valence-electron chi connectivity index (χ2n) is 7.26. The summed E-state index contributed by atoms with van der Waals surface area (Å²) in [4.78, 5) is 13.1. The summed E-state index contributed by atoms with van der Waals surface area (Å²) in [5, 5.41) is 5.72. The first-order valence-corrected chi connectivity index (χ1v) is 10.00. The van der Waals surface area contributed by atoms with Gasteiger partial charge in [0.1, 0.15) is 16.9 Å². The zero-order valence-corrected chi connectivity index (χ0v) is 16.1. The van der Waals surface area contributed by atoms with E-state index in [1.807, 2.05) is 30.3 Å². The maximum Gasteiger partial charge on any atom is 0.238 e. The minimum absolute atomic E-state index is 0.0525. The molecule has 0 aliphatic carbocycles. The van der Waals surface area contributed by atoms with Crippen LogP contribution in [0.4, 0.5) is 8.78 Å². The molecular formula is C21H24F2N2OS. The third kappa shape index (κ3) is 5.30. The summed E-state index contributed by atoms with van der Waals surface area (Å²) >= 11 is 1.04. The smallest absolute Gasteiger partial charge is 0.238 e. The van der Waals surface area contributed by atoms with Crippen LogP contribution in [0.5, 0.6) is 0 Å². The lowest BCUT2D eigenvalue weighted by Crippen LogP contribution is -2.43. The number of halogens is 2. The van der Waals surface area contributed by atoms with Crippen molar-refractivity contribution in [3.63, 3.8) is 0 Å². The van der Waals surface area contributed by atoms with E-state index in [0.717, 1.165) is 61.5 Å². The molecule has 27 heavy (non-hydrogen) atoms. The molecule has 0 spiro atoms. The summed E-state index contributed by atoms with van der Waals surface area (Å²) in [6.07, 6.45) is 1.99. The molecule has 6 heteroatoms. The van der Waals surface area contributed by atoms with Gasteiger partial charge in [0.25, 0.3) is 0 Å². The van der Waals surface area contributed by atoms with E-state index in [9.17, 15) is 13.6 Å². The van der Waals surface area contributed by atoms with Crippen LogP contribution in [-0.2, 0) is 4.79 Å². The average molecular weight is 390 g/mol.